The fourth-order valence-corrected chi connectivity index (χ4v) is 3.76. The Labute approximate surface area is 154 Å². The normalized spacial score (nSPS) is 14.5. The zero-order valence-electron chi connectivity index (χ0n) is 14.0. The van der Waals surface area contributed by atoms with Gasteiger partial charge >= 0.3 is 0 Å². The molecule has 0 bridgehead atoms. The zero-order chi connectivity index (χ0) is 17.4. The average Bonchev–Trinajstić information content (AvgIpc) is 2.92. The van der Waals surface area contributed by atoms with Crippen molar-refractivity contribution in [3.05, 3.63) is 58.0 Å². The maximum Gasteiger partial charge on any atom is 0.270 e. The van der Waals surface area contributed by atoms with E-state index < -0.39 is 0 Å². The van der Waals surface area contributed by atoms with Crippen molar-refractivity contribution in [2.24, 2.45) is 7.05 Å². The summed E-state index contributed by atoms with van der Waals surface area (Å²) in [4.78, 5) is 17.1. The molecular formula is C19H19BrN4O. The summed E-state index contributed by atoms with van der Waals surface area (Å²) in [7, 11) is 1.83. The molecule has 4 rings (SSSR count). The molecule has 2 heterocycles. The van der Waals surface area contributed by atoms with E-state index in [1.165, 1.54) is 6.42 Å². The van der Waals surface area contributed by atoms with Crippen LogP contribution in [0, 0.1) is 0 Å². The molecule has 128 valence electrons. The summed E-state index contributed by atoms with van der Waals surface area (Å²) in [6.07, 6.45) is 7.15. The standard InChI is InChI=1S/C19H19BrN4O/c1-24-18(15(11-23-24)12-4-2-5-12)19(25)22-10-14-8-13-6-3-7-21-17(13)9-16(14)20/h3,6-9,11-12H,2,4-5,10H2,1H3,(H,22,25). The van der Waals surface area contributed by atoms with E-state index in [2.05, 4.69) is 37.4 Å². The highest BCUT2D eigenvalue weighted by atomic mass is 79.9. The van der Waals surface area contributed by atoms with Crippen LogP contribution < -0.4 is 5.32 Å². The van der Waals surface area contributed by atoms with Crippen molar-refractivity contribution >= 4 is 32.7 Å². The van der Waals surface area contributed by atoms with Gasteiger partial charge in [-0.2, -0.15) is 5.10 Å². The van der Waals surface area contributed by atoms with E-state index in [0.717, 1.165) is 39.3 Å². The lowest BCUT2D eigenvalue weighted by atomic mass is 9.80. The van der Waals surface area contributed by atoms with E-state index in [4.69, 9.17) is 0 Å². The highest BCUT2D eigenvalue weighted by molar-refractivity contribution is 9.10. The van der Waals surface area contributed by atoms with Crippen molar-refractivity contribution in [3.8, 4) is 0 Å². The van der Waals surface area contributed by atoms with Crippen LogP contribution in [-0.2, 0) is 13.6 Å². The van der Waals surface area contributed by atoms with Gasteiger partial charge in [-0.25, -0.2) is 0 Å². The second kappa shape index (κ2) is 6.59. The quantitative estimate of drug-likeness (QED) is 0.723. The maximum absolute atomic E-state index is 12.7. The minimum atomic E-state index is -0.0694. The van der Waals surface area contributed by atoms with Gasteiger partial charge in [0.25, 0.3) is 5.91 Å². The number of amides is 1. The molecular weight excluding hydrogens is 380 g/mol. The summed E-state index contributed by atoms with van der Waals surface area (Å²) in [5.74, 6) is 0.410. The number of aromatic nitrogens is 3. The van der Waals surface area contributed by atoms with Gasteiger partial charge in [0.1, 0.15) is 5.69 Å². The molecule has 0 saturated heterocycles. The number of benzene rings is 1. The Bertz CT molecular complexity index is 946. The van der Waals surface area contributed by atoms with Gasteiger partial charge in [0, 0.05) is 35.2 Å². The maximum atomic E-state index is 12.7. The number of nitrogens with one attached hydrogen (secondary N) is 1. The first kappa shape index (κ1) is 16.3. The predicted molar refractivity (Wildman–Crippen MR) is 100 cm³/mol. The third kappa shape index (κ3) is 3.06. The molecule has 0 spiro atoms. The van der Waals surface area contributed by atoms with Crippen LogP contribution in [0.5, 0.6) is 0 Å². The molecule has 1 aliphatic rings. The van der Waals surface area contributed by atoms with Crippen LogP contribution in [0.4, 0.5) is 0 Å². The zero-order valence-corrected chi connectivity index (χ0v) is 15.6. The number of hydrogen-bond acceptors (Lipinski definition) is 3. The van der Waals surface area contributed by atoms with E-state index in [0.29, 0.717) is 18.2 Å². The van der Waals surface area contributed by atoms with E-state index in [-0.39, 0.29) is 5.91 Å². The Balaban J connectivity index is 1.54. The summed E-state index contributed by atoms with van der Waals surface area (Å²) in [5, 5.41) is 8.39. The van der Waals surface area contributed by atoms with Crippen molar-refractivity contribution < 1.29 is 4.79 Å². The van der Waals surface area contributed by atoms with Crippen molar-refractivity contribution in [2.45, 2.75) is 31.7 Å². The Morgan fingerprint density at radius 1 is 1.40 bits per heavy atom. The molecule has 25 heavy (non-hydrogen) atoms. The SMILES string of the molecule is Cn1ncc(C2CCC2)c1C(=O)NCc1cc2cccnc2cc1Br. The largest absolute Gasteiger partial charge is 0.347 e. The summed E-state index contributed by atoms with van der Waals surface area (Å²) >= 11 is 3.58. The Hall–Kier alpha value is -2.21. The van der Waals surface area contributed by atoms with Gasteiger partial charge in [0.2, 0.25) is 0 Å². The molecule has 0 radical (unpaired) electrons. The molecule has 0 unspecified atom stereocenters. The Kier molecular flexibility index (Phi) is 4.29. The molecule has 1 saturated carbocycles. The van der Waals surface area contributed by atoms with Gasteiger partial charge in [0.05, 0.1) is 11.7 Å². The van der Waals surface area contributed by atoms with Gasteiger partial charge in [-0.05, 0) is 42.5 Å². The number of halogens is 1. The van der Waals surface area contributed by atoms with Crippen molar-refractivity contribution in [1.29, 1.82) is 0 Å². The van der Waals surface area contributed by atoms with Crippen LogP contribution in [-0.4, -0.2) is 20.7 Å². The lowest BCUT2D eigenvalue weighted by molar-refractivity contribution is 0.0939. The van der Waals surface area contributed by atoms with Crippen molar-refractivity contribution in [1.82, 2.24) is 20.1 Å². The molecule has 5 nitrogen and oxygen atoms in total. The number of carbonyl (C=O) groups is 1. The molecule has 1 aromatic carbocycles. The third-order valence-electron chi connectivity index (χ3n) is 4.94. The van der Waals surface area contributed by atoms with E-state index >= 15 is 0 Å². The topological polar surface area (TPSA) is 59.8 Å². The number of hydrogen-bond donors (Lipinski definition) is 1. The first-order valence-electron chi connectivity index (χ1n) is 8.46. The van der Waals surface area contributed by atoms with Crippen LogP contribution in [0.25, 0.3) is 10.9 Å². The van der Waals surface area contributed by atoms with Crippen molar-refractivity contribution in [3.63, 3.8) is 0 Å². The summed E-state index contributed by atoms with van der Waals surface area (Å²) in [5.41, 5.74) is 3.72. The fraction of sp³-hybridized carbons (Fsp3) is 0.316. The predicted octanol–water partition coefficient (Wildman–Crippen LogP) is 3.93. The highest BCUT2D eigenvalue weighted by Crippen LogP contribution is 2.37. The number of nitrogens with zero attached hydrogens (tertiary/aromatic N) is 3. The number of rotatable bonds is 4. The van der Waals surface area contributed by atoms with Crippen LogP contribution in [0.3, 0.4) is 0 Å². The van der Waals surface area contributed by atoms with Gasteiger partial charge in [0.15, 0.2) is 0 Å². The number of carbonyl (C=O) groups excluding carboxylic acids is 1. The smallest absolute Gasteiger partial charge is 0.270 e. The van der Waals surface area contributed by atoms with Crippen LogP contribution in [0.1, 0.15) is 46.8 Å². The molecule has 1 aliphatic carbocycles. The minimum absolute atomic E-state index is 0.0694. The highest BCUT2D eigenvalue weighted by Gasteiger charge is 2.27. The van der Waals surface area contributed by atoms with E-state index in [1.807, 2.05) is 31.4 Å². The van der Waals surface area contributed by atoms with Crippen molar-refractivity contribution in [2.75, 3.05) is 0 Å². The summed E-state index contributed by atoms with van der Waals surface area (Å²) < 4.78 is 2.63. The molecule has 3 aromatic rings. The summed E-state index contributed by atoms with van der Waals surface area (Å²) in [6, 6.07) is 7.98. The second-order valence-electron chi connectivity index (χ2n) is 6.52. The van der Waals surface area contributed by atoms with Gasteiger partial charge in [-0.3, -0.25) is 14.5 Å². The van der Waals surface area contributed by atoms with Gasteiger partial charge in [-0.15, -0.1) is 0 Å². The Morgan fingerprint density at radius 2 is 2.24 bits per heavy atom. The van der Waals surface area contributed by atoms with Crippen LogP contribution in [0.2, 0.25) is 0 Å². The average molecular weight is 399 g/mol. The summed E-state index contributed by atoms with van der Waals surface area (Å²) in [6.45, 7) is 0.458. The molecule has 1 fully saturated rings. The number of aryl methyl sites for hydroxylation is 1. The molecule has 0 atom stereocenters. The van der Waals surface area contributed by atoms with Crippen LogP contribution in [0.15, 0.2) is 41.1 Å². The molecule has 6 heteroatoms. The first-order chi connectivity index (χ1) is 12.1. The monoisotopic (exact) mass is 398 g/mol. The molecule has 1 amide bonds. The van der Waals surface area contributed by atoms with E-state index in [9.17, 15) is 4.79 Å². The third-order valence-corrected chi connectivity index (χ3v) is 5.68. The minimum Gasteiger partial charge on any atom is -0.347 e. The lowest BCUT2D eigenvalue weighted by Crippen LogP contribution is -2.27. The second-order valence-corrected chi connectivity index (χ2v) is 7.38. The number of pyridine rings is 1. The Morgan fingerprint density at radius 3 is 3.00 bits per heavy atom. The number of fused-ring (bicyclic) bond motifs is 1. The first-order valence-corrected chi connectivity index (χ1v) is 9.26. The van der Waals surface area contributed by atoms with Crippen LogP contribution >= 0.6 is 15.9 Å². The van der Waals surface area contributed by atoms with Gasteiger partial charge < -0.3 is 5.32 Å². The molecule has 0 aliphatic heterocycles. The molecule has 1 N–H and O–H groups in total. The van der Waals surface area contributed by atoms with Gasteiger partial charge in [-0.1, -0.05) is 28.4 Å². The fourth-order valence-electron chi connectivity index (χ4n) is 3.29. The lowest BCUT2D eigenvalue weighted by Gasteiger charge is -2.25. The van der Waals surface area contributed by atoms with E-state index in [1.54, 1.807) is 10.9 Å². The molecule has 2 aromatic heterocycles.